The number of aromatic nitrogens is 3. The number of sulfonamides is 1. The molecule has 2 heterocycles. The highest BCUT2D eigenvalue weighted by Crippen LogP contribution is 2.29. The van der Waals surface area contributed by atoms with Crippen LogP contribution in [0.25, 0.3) is 11.0 Å². The van der Waals surface area contributed by atoms with Crippen LogP contribution in [0.1, 0.15) is 39.5 Å². The molecule has 2 N–H and O–H groups in total. The van der Waals surface area contributed by atoms with E-state index >= 15 is 0 Å². The molecule has 8 heteroatoms. The van der Waals surface area contributed by atoms with Crippen LogP contribution in [0.15, 0.2) is 18.6 Å². The largest absolute Gasteiger partial charge is 0.356 e. The highest BCUT2D eigenvalue weighted by molar-refractivity contribution is 7.90. The zero-order valence-corrected chi connectivity index (χ0v) is 15.2. The summed E-state index contributed by atoms with van der Waals surface area (Å²) in [6.45, 7) is 3.41. The van der Waals surface area contributed by atoms with Crippen LogP contribution in [-0.4, -0.2) is 47.8 Å². The molecule has 1 aliphatic carbocycles. The molecule has 0 saturated heterocycles. The average molecular weight is 351 g/mol. The lowest BCUT2D eigenvalue weighted by Gasteiger charge is -2.35. The predicted octanol–water partition coefficient (Wildman–Crippen LogP) is 2.03. The van der Waals surface area contributed by atoms with Crippen molar-refractivity contribution in [2.75, 3.05) is 11.9 Å². The number of aromatic amines is 1. The number of nitrogens with one attached hydrogen (secondary N) is 2. The molecule has 0 unspecified atom stereocenters. The Balaban J connectivity index is 1.65. The van der Waals surface area contributed by atoms with Crippen molar-refractivity contribution < 1.29 is 8.42 Å². The molecule has 1 saturated carbocycles. The van der Waals surface area contributed by atoms with Crippen molar-refractivity contribution >= 4 is 26.9 Å². The number of hydrogen-bond acceptors (Lipinski definition) is 5. The van der Waals surface area contributed by atoms with Gasteiger partial charge in [-0.05, 0) is 45.6 Å². The van der Waals surface area contributed by atoms with Crippen molar-refractivity contribution in [3.63, 3.8) is 0 Å². The van der Waals surface area contributed by atoms with Crippen LogP contribution in [0.4, 0.5) is 5.82 Å². The van der Waals surface area contributed by atoms with Crippen molar-refractivity contribution in [1.82, 2.24) is 19.7 Å². The maximum absolute atomic E-state index is 12.0. The van der Waals surface area contributed by atoms with Crippen LogP contribution in [0.2, 0.25) is 0 Å². The topological polar surface area (TPSA) is 91.0 Å². The quantitative estimate of drug-likeness (QED) is 0.860. The van der Waals surface area contributed by atoms with Gasteiger partial charge in [-0.15, -0.1) is 0 Å². The summed E-state index contributed by atoms with van der Waals surface area (Å²) in [6.07, 6.45) is 7.03. The second-order valence-electron chi connectivity index (χ2n) is 6.77. The Labute approximate surface area is 142 Å². The van der Waals surface area contributed by atoms with Crippen LogP contribution < -0.4 is 9.62 Å². The molecule has 2 aromatic rings. The number of fused-ring (bicyclic) bond motifs is 1. The molecular weight excluding hydrogens is 326 g/mol. The Bertz CT molecular complexity index is 794. The lowest BCUT2D eigenvalue weighted by Crippen LogP contribution is -2.44. The molecule has 24 heavy (non-hydrogen) atoms. The minimum absolute atomic E-state index is 0.0414. The minimum Gasteiger partial charge on any atom is -0.356 e. The average Bonchev–Trinajstić information content (AvgIpc) is 3.03. The van der Waals surface area contributed by atoms with E-state index < -0.39 is 10.0 Å². The van der Waals surface area contributed by atoms with Crippen LogP contribution in [0.5, 0.6) is 0 Å². The smallest absolute Gasteiger partial charge is 0.214 e. The number of hydrogen-bond donors (Lipinski definition) is 2. The Morgan fingerprint density at radius 1 is 1.25 bits per heavy atom. The van der Waals surface area contributed by atoms with Gasteiger partial charge in [0.15, 0.2) is 0 Å². The van der Waals surface area contributed by atoms with E-state index in [9.17, 15) is 8.42 Å². The summed E-state index contributed by atoms with van der Waals surface area (Å²) in [7, 11) is -1.14. The van der Waals surface area contributed by atoms with Gasteiger partial charge in [-0.1, -0.05) is 0 Å². The molecule has 1 fully saturated rings. The molecule has 132 valence electrons. The van der Waals surface area contributed by atoms with Crippen molar-refractivity contribution in [3.05, 3.63) is 18.6 Å². The third kappa shape index (κ3) is 3.39. The summed E-state index contributed by atoms with van der Waals surface area (Å²) in [5, 5.41) is 0.628. The molecule has 2 aromatic heterocycles. The monoisotopic (exact) mass is 351 g/mol. The summed E-state index contributed by atoms with van der Waals surface area (Å²) in [4.78, 5) is 14.0. The maximum atomic E-state index is 12.0. The van der Waals surface area contributed by atoms with Gasteiger partial charge >= 0.3 is 0 Å². The van der Waals surface area contributed by atoms with Crippen LogP contribution in [0, 0.1) is 0 Å². The molecule has 0 radical (unpaired) electrons. The molecule has 0 amide bonds. The van der Waals surface area contributed by atoms with E-state index in [-0.39, 0.29) is 11.3 Å². The van der Waals surface area contributed by atoms with Crippen molar-refractivity contribution in [2.45, 2.75) is 56.9 Å². The normalized spacial score (nSPS) is 22.2. The maximum Gasteiger partial charge on any atom is 0.214 e. The van der Waals surface area contributed by atoms with E-state index in [1.807, 2.05) is 12.3 Å². The first-order valence-electron chi connectivity index (χ1n) is 8.40. The van der Waals surface area contributed by atoms with E-state index in [1.165, 1.54) is 0 Å². The molecule has 1 aliphatic rings. The fourth-order valence-corrected chi connectivity index (χ4v) is 4.23. The number of nitrogens with zero attached hydrogens (tertiary/aromatic N) is 3. The highest BCUT2D eigenvalue weighted by Gasteiger charge is 2.29. The molecule has 0 atom stereocenters. The summed E-state index contributed by atoms with van der Waals surface area (Å²) in [5.41, 5.74) is 0.838. The second-order valence-corrected chi connectivity index (χ2v) is 9.03. The molecule has 0 aromatic carbocycles. The van der Waals surface area contributed by atoms with Crippen molar-refractivity contribution in [2.24, 2.45) is 0 Å². The molecule has 0 aliphatic heterocycles. The first kappa shape index (κ1) is 17.2. The van der Waals surface area contributed by atoms with Gasteiger partial charge < -0.3 is 9.88 Å². The Hall–Kier alpha value is -1.67. The second kappa shape index (κ2) is 6.68. The predicted molar refractivity (Wildman–Crippen MR) is 95.5 cm³/mol. The minimum atomic E-state index is -3.20. The Morgan fingerprint density at radius 3 is 2.62 bits per heavy atom. The summed E-state index contributed by atoms with van der Waals surface area (Å²) >= 11 is 0. The first-order valence-corrected chi connectivity index (χ1v) is 9.95. The third-order valence-electron chi connectivity index (χ3n) is 4.86. The molecule has 0 bridgehead atoms. The lowest BCUT2D eigenvalue weighted by molar-refractivity contribution is 0.364. The number of anilines is 1. The van der Waals surface area contributed by atoms with Crippen molar-refractivity contribution in [1.29, 1.82) is 0 Å². The van der Waals surface area contributed by atoms with Crippen LogP contribution in [-0.2, 0) is 10.0 Å². The van der Waals surface area contributed by atoms with E-state index in [2.05, 4.69) is 31.6 Å². The van der Waals surface area contributed by atoms with Gasteiger partial charge in [-0.3, -0.25) is 0 Å². The number of rotatable bonds is 5. The number of H-pyrrole nitrogens is 1. The van der Waals surface area contributed by atoms with E-state index in [1.54, 1.807) is 20.2 Å². The van der Waals surface area contributed by atoms with Gasteiger partial charge in [0.25, 0.3) is 0 Å². The third-order valence-corrected chi connectivity index (χ3v) is 6.77. The Kier molecular flexibility index (Phi) is 4.78. The highest BCUT2D eigenvalue weighted by atomic mass is 32.2. The van der Waals surface area contributed by atoms with Crippen molar-refractivity contribution in [3.8, 4) is 0 Å². The Morgan fingerprint density at radius 2 is 1.96 bits per heavy atom. The molecule has 7 nitrogen and oxygen atoms in total. The van der Waals surface area contributed by atoms with Gasteiger partial charge in [-0.2, -0.15) is 0 Å². The van der Waals surface area contributed by atoms with Crippen LogP contribution in [0.3, 0.4) is 0 Å². The van der Waals surface area contributed by atoms with E-state index in [4.69, 9.17) is 0 Å². The van der Waals surface area contributed by atoms with E-state index in [0.717, 1.165) is 42.5 Å². The summed E-state index contributed by atoms with van der Waals surface area (Å²) in [5.74, 6) is 0.924. The first-order chi connectivity index (χ1) is 11.4. The lowest BCUT2D eigenvalue weighted by atomic mass is 9.91. The fraction of sp³-hybridized carbons (Fsp3) is 0.625. The molecule has 0 spiro atoms. The van der Waals surface area contributed by atoms with Gasteiger partial charge in [-0.25, -0.2) is 23.1 Å². The molecule has 3 rings (SSSR count). The zero-order valence-electron chi connectivity index (χ0n) is 14.4. The van der Waals surface area contributed by atoms with Crippen LogP contribution >= 0.6 is 0 Å². The standard InChI is InChI=1S/C16H25N5O2S/c1-11(2)24(22,23)20-12-4-6-13(7-5-12)21(3)16-14-8-9-17-15(14)18-10-19-16/h8-13,20H,4-7H2,1-3H3,(H,17,18,19). The molecular formula is C16H25N5O2S. The van der Waals surface area contributed by atoms with Gasteiger partial charge in [0.1, 0.15) is 17.8 Å². The fourth-order valence-electron chi connectivity index (χ4n) is 3.26. The van der Waals surface area contributed by atoms with E-state index in [0.29, 0.717) is 6.04 Å². The zero-order chi connectivity index (χ0) is 17.3. The van der Waals surface area contributed by atoms with Gasteiger partial charge in [0.05, 0.1) is 10.6 Å². The van der Waals surface area contributed by atoms with Gasteiger partial charge in [0.2, 0.25) is 10.0 Å². The summed E-state index contributed by atoms with van der Waals surface area (Å²) < 4.78 is 26.9. The SMILES string of the molecule is CC(C)S(=O)(=O)NC1CCC(N(C)c2ncnc3[nH]ccc23)CC1. The summed E-state index contributed by atoms with van der Waals surface area (Å²) in [6, 6.07) is 2.39. The van der Waals surface area contributed by atoms with Gasteiger partial charge in [0, 0.05) is 25.3 Å².